The summed E-state index contributed by atoms with van der Waals surface area (Å²) in [5.41, 5.74) is 0.383. The number of benzene rings is 1. The molecule has 0 aliphatic carbocycles. The molecule has 16 heavy (non-hydrogen) atoms. The molecule has 0 aliphatic heterocycles. The molecule has 0 heterocycles. The second-order valence-electron chi connectivity index (χ2n) is 3.34. The molecule has 5 heteroatoms. The Labute approximate surface area is 97.5 Å². The molecule has 0 amide bonds. The van der Waals surface area contributed by atoms with E-state index in [0.29, 0.717) is 12.0 Å². The third-order valence-electron chi connectivity index (χ3n) is 2.06. The summed E-state index contributed by atoms with van der Waals surface area (Å²) in [5, 5.41) is 17.7. The summed E-state index contributed by atoms with van der Waals surface area (Å²) in [4.78, 5) is 21.8. The highest BCUT2D eigenvalue weighted by atomic mass is 35.5. The second kappa shape index (κ2) is 5.51. The van der Waals surface area contributed by atoms with Crippen LogP contribution in [-0.2, 0) is 4.79 Å². The van der Waals surface area contributed by atoms with Crippen molar-refractivity contribution in [3.05, 3.63) is 28.8 Å². The van der Waals surface area contributed by atoms with E-state index in [-0.39, 0.29) is 29.4 Å². The van der Waals surface area contributed by atoms with Crippen LogP contribution in [0.3, 0.4) is 0 Å². The van der Waals surface area contributed by atoms with Gasteiger partial charge in [-0.2, -0.15) is 0 Å². The van der Waals surface area contributed by atoms with E-state index in [1.807, 2.05) is 0 Å². The second-order valence-corrected chi connectivity index (χ2v) is 3.74. The lowest BCUT2D eigenvalue weighted by Crippen LogP contribution is -2.01. The van der Waals surface area contributed by atoms with Gasteiger partial charge in [-0.1, -0.05) is 11.6 Å². The minimum absolute atomic E-state index is 0.0302. The van der Waals surface area contributed by atoms with Crippen LogP contribution in [0.4, 0.5) is 0 Å². The molecule has 0 aliphatic rings. The van der Waals surface area contributed by atoms with Crippen LogP contribution in [-0.4, -0.2) is 22.0 Å². The molecular weight excluding hydrogens is 232 g/mol. The highest BCUT2D eigenvalue weighted by Gasteiger charge is 2.09. The Balaban J connectivity index is 2.59. The number of hydrogen-bond donors (Lipinski definition) is 2. The summed E-state index contributed by atoms with van der Waals surface area (Å²) in [7, 11) is 0. The largest absolute Gasteiger partial charge is 0.506 e. The van der Waals surface area contributed by atoms with Gasteiger partial charge in [-0.15, -0.1) is 0 Å². The molecule has 0 spiro atoms. The number of ketones is 1. The average molecular weight is 243 g/mol. The number of rotatable bonds is 5. The first kappa shape index (κ1) is 12.5. The van der Waals surface area contributed by atoms with Crippen LogP contribution in [0.15, 0.2) is 18.2 Å². The Morgan fingerprint density at radius 2 is 1.94 bits per heavy atom. The average Bonchev–Trinajstić information content (AvgIpc) is 2.21. The van der Waals surface area contributed by atoms with Gasteiger partial charge in [0.05, 0.1) is 5.02 Å². The molecule has 0 saturated carbocycles. The summed E-state index contributed by atoms with van der Waals surface area (Å²) < 4.78 is 0. The molecule has 1 aromatic carbocycles. The highest BCUT2D eigenvalue weighted by Crippen LogP contribution is 2.24. The molecule has 1 aromatic rings. The number of carbonyl (C=O) groups is 2. The number of aliphatic carboxylic acids is 1. The monoisotopic (exact) mass is 242 g/mol. The summed E-state index contributed by atoms with van der Waals surface area (Å²) in [6, 6.07) is 4.18. The third-order valence-corrected chi connectivity index (χ3v) is 2.37. The number of halogens is 1. The van der Waals surface area contributed by atoms with Crippen molar-refractivity contribution in [3.8, 4) is 5.75 Å². The number of carboxylic acids is 1. The van der Waals surface area contributed by atoms with Gasteiger partial charge in [0.2, 0.25) is 0 Å². The Morgan fingerprint density at radius 1 is 1.25 bits per heavy atom. The van der Waals surface area contributed by atoms with Crippen molar-refractivity contribution in [1.82, 2.24) is 0 Å². The third kappa shape index (κ3) is 3.55. The Bertz CT molecular complexity index is 414. The van der Waals surface area contributed by atoms with Gasteiger partial charge in [0.1, 0.15) is 5.75 Å². The maximum atomic E-state index is 11.6. The molecule has 0 saturated heterocycles. The van der Waals surface area contributed by atoms with Gasteiger partial charge < -0.3 is 10.2 Å². The Hall–Kier alpha value is -1.55. The normalized spacial score (nSPS) is 10.1. The molecule has 0 unspecified atom stereocenters. The van der Waals surface area contributed by atoms with Gasteiger partial charge in [-0.25, -0.2) is 0 Å². The molecular formula is C11H11ClO4. The van der Waals surface area contributed by atoms with Gasteiger partial charge in [0, 0.05) is 18.4 Å². The highest BCUT2D eigenvalue weighted by molar-refractivity contribution is 6.32. The smallest absolute Gasteiger partial charge is 0.303 e. The first-order valence-electron chi connectivity index (χ1n) is 4.74. The summed E-state index contributed by atoms with van der Waals surface area (Å²) in [6.07, 6.45) is 0.428. The number of hydrogen-bond acceptors (Lipinski definition) is 3. The van der Waals surface area contributed by atoms with Gasteiger partial charge in [0.25, 0.3) is 0 Å². The summed E-state index contributed by atoms with van der Waals surface area (Å²) >= 11 is 5.65. The Morgan fingerprint density at radius 3 is 2.50 bits per heavy atom. The number of phenols is 1. The minimum Gasteiger partial charge on any atom is -0.506 e. The fraction of sp³-hybridized carbons (Fsp3) is 0.273. The fourth-order valence-corrected chi connectivity index (χ4v) is 1.41. The fourth-order valence-electron chi connectivity index (χ4n) is 1.22. The number of Topliss-reactive ketones (excluding diaryl/α,β-unsaturated/α-hetero) is 1. The molecule has 0 bridgehead atoms. The number of carboxylic acid groups (broad SMARTS) is 1. The van der Waals surface area contributed by atoms with Crippen LogP contribution in [0.1, 0.15) is 29.6 Å². The van der Waals surface area contributed by atoms with E-state index in [4.69, 9.17) is 21.8 Å². The van der Waals surface area contributed by atoms with Crippen LogP contribution in [0, 0.1) is 0 Å². The lowest BCUT2D eigenvalue weighted by atomic mass is 10.1. The van der Waals surface area contributed by atoms with Crippen LogP contribution >= 0.6 is 11.6 Å². The van der Waals surface area contributed by atoms with E-state index in [9.17, 15) is 9.59 Å². The summed E-state index contributed by atoms with van der Waals surface area (Å²) in [6.45, 7) is 0. The zero-order chi connectivity index (χ0) is 12.1. The molecule has 2 N–H and O–H groups in total. The van der Waals surface area contributed by atoms with Crippen LogP contribution < -0.4 is 0 Å². The molecule has 86 valence electrons. The predicted molar refractivity (Wildman–Crippen MR) is 58.9 cm³/mol. The van der Waals surface area contributed by atoms with E-state index in [1.165, 1.54) is 18.2 Å². The van der Waals surface area contributed by atoms with Gasteiger partial charge in [-0.05, 0) is 24.6 Å². The van der Waals surface area contributed by atoms with Crippen molar-refractivity contribution in [2.75, 3.05) is 0 Å². The zero-order valence-electron chi connectivity index (χ0n) is 8.44. The first-order chi connectivity index (χ1) is 7.50. The van der Waals surface area contributed by atoms with Crippen molar-refractivity contribution in [2.45, 2.75) is 19.3 Å². The predicted octanol–water partition coefficient (Wildman–Crippen LogP) is 2.48. The van der Waals surface area contributed by atoms with Crippen molar-refractivity contribution in [2.24, 2.45) is 0 Å². The molecule has 0 fully saturated rings. The maximum Gasteiger partial charge on any atom is 0.303 e. The first-order valence-corrected chi connectivity index (χ1v) is 5.12. The molecule has 0 aromatic heterocycles. The van der Waals surface area contributed by atoms with Gasteiger partial charge >= 0.3 is 5.97 Å². The van der Waals surface area contributed by atoms with Crippen molar-refractivity contribution in [3.63, 3.8) is 0 Å². The maximum absolute atomic E-state index is 11.6. The standard InChI is InChI=1S/C11H11ClO4/c12-8-6-7(4-5-10(8)14)9(13)2-1-3-11(15)16/h4-6,14H,1-3H2,(H,15,16). The Kier molecular flexibility index (Phi) is 4.31. The lowest BCUT2D eigenvalue weighted by Gasteiger charge is -2.02. The van der Waals surface area contributed by atoms with Crippen LogP contribution in [0.25, 0.3) is 0 Å². The number of phenolic OH excluding ortho intramolecular Hbond substituents is 1. The van der Waals surface area contributed by atoms with Crippen molar-refractivity contribution >= 4 is 23.4 Å². The minimum atomic E-state index is -0.920. The number of carbonyl (C=O) groups excluding carboxylic acids is 1. The quantitative estimate of drug-likeness (QED) is 0.778. The van der Waals surface area contributed by atoms with Crippen LogP contribution in [0.2, 0.25) is 5.02 Å². The van der Waals surface area contributed by atoms with E-state index in [1.54, 1.807) is 0 Å². The van der Waals surface area contributed by atoms with E-state index in [2.05, 4.69) is 0 Å². The van der Waals surface area contributed by atoms with E-state index < -0.39 is 5.97 Å². The van der Waals surface area contributed by atoms with E-state index >= 15 is 0 Å². The molecule has 4 nitrogen and oxygen atoms in total. The summed E-state index contributed by atoms with van der Waals surface area (Å²) in [5.74, 6) is -1.18. The zero-order valence-corrected chi connectivity index (χ0v) is 9.20. The molecule has 0 atom stereocenters. The SMILES string of the molecule is O=C(O)CCCC(=O)c1ccc(O)c(Cl)c1. The van der Waals surface area contributed by atoms with E-state index in [0.717, 1.165) is 0 Å². The van der Waals surface area contributed by atoms with Crippen molar-refractivity contribution in [1.29, 1.82) is 0 Å². The lowest BCUT2D eigenvalue weighted by molar-refractivity contribution is -0.137. The van der Waals surface area contributed by atoms with Crippen molar-refractivity contribution < 1.29 is 19.8 Å². The van der Waals surface area contributed by atoms with Crippen LogP contribution in [0.5, 0.6) is 5.75 Å². The van der Waals surface area contributed by atoms with Gasteiger partial charge in [-0.3, -0.25) is 9.59 Å². The molecule has 1 rings (SSSR count). The van der Waals surface area contributed by atoms with Gasteiger partial charge in [0.15, 0.2) is 5.78 Å². The molecule has 0 radical (unpaired) electrons. The topological polar surface area (TPSA) is 74.6 Å². The number of aromatic hydroxyl groups is 1.